The Hall–Kier alpha value is -3.11. The van der Waals surface area contributed by atoms with Crippen LogP contribution in [0.3, 0.4) is 0 Å². The van der Waals surface area contributed by atoms with Crippen molar-refractivity contribution >= 4 is 37.5 Å². The Labute approximate surface area is 164 Å². The lowest BCUT2D eigenvalue weighted by Gasteiger charge is -2.12. The summed E-state index contributed by atoms with van der Waals surface area (Å²) in [7, 11) is 0. The number of rotatable bonds is 2. The van der Waals surface area contributed by atoms with Gasteiger partial charge >= 0.3 is 0 Å². The molecule has 0 bridgehead atoms. The van der Waals surface area contributed by atoms with Crippen molar-refractivity contribution in [2.24, 2.45) is 0 Å². The van der Waals surface area contributed by atoms with E-state index in [1.807, 2.05) is 6.07 Å². The Bertz CT molecular complexity index is 1280. The lowest BCUT2D eigenvalue weighted by atomic mass is 9.92. The molecule has 4 aromatic carbocycles. The molecule has 0 fully saturated rings. The van der Waals surface area contributed by atoms with Crippen molar-refractivity contribution in [1.82, 2.24) is 15.0 Å². The molecule has 3 nitrogen and oxygen atoms in total. The molecular formula is C23H14BrN3. The number of hydrogen-bond donors (Lipinski definition) is 0. The molecule has 4 heteroatoms. The Morgan fingerprint density at radius 2 is 1.30 bits per heavy atom. The maximum Gasteiger partial charge on any atom is 0.162 e. The molecule has 0 saturated heterocycles. The van der Waals surface area contributed by atoms with Crippen LogP contribution < -0.4 is 0 Å². The van der Waals surface area contributed by atoms with Crippen LogP contribution >= 0.6 is 15.9 Å². The Morgan fingerprint density at radius 3 is 2.11 bits per heavy atom. The van der Waals surface area contributed by atoms with E-state index in [0.717, 1.165) is 15.6 Å². The van der Waals surface area contributed by atoms with Crippen molar-refractivity contribution in [2.45, 2.75) is 0 Å². The van der Waals surface area contributed by atoms with Gasteiger partial charge in [-0.2, -0.15) is 0 Å². The fourth-order valence-corrected chi connectivity index (χ4v) is 4.05. The second-order valence-electron chi connectivity index (χ2n) is 6.38. The molecule has 0 radical (unpaired) electrons. The summed E-state index contributed by atoms with van der Waals surface area (Å²) in [5, 5.41) is 4.99. The van der Waals surface area contributed by atoms with Crippen molar-refractivity contribution in [3.8, 4) is 22.5 Å². The van der Waals surface area contributed by atoms with Crippen LogP contribution in [0.4, 0.5) is 0 Å². The number of aromatic nitrogens is 3. The molecule has 0 aliphatic rings. The van der Waals surface area contributed by atoms with Gasteiger partial charge in [0.05, 0.1) is 0 Å². The maximum atomic E-state index is 4.29. The normalized spacial score (nSPS) is 11.1. The number of benzene rings is 4. The summed E-state index contributed by atoms with van der Waals surface area (Å²) in [6, 6.07) is 25.6. The summed E-state index contributed by atoms with van der Waals surface area (Å²) in [6.07, 6.45) is 3.04. The predicted molar refractivity (Wildman–Crippen MR) is 113 cm³/mol. The van der Waals surface area contributed by atoms with E-state index in [1.54, 1.807) is 0 Å². The molecule has 0 amide bonds. The molecule has 0 aliphatic heterocycles. The molecule has 0 saturated carbocycles. The second kappa shape index (κ2) is 6.56. The summed E-state index contributed by atoms with van der Waals surface area (Å²) in [5.41, 5.74) is 3.28. The third-order valence-electron chi connectivity index (χ3n) is 4.73. The van der Waals surface area contributed by atoms with Crippen LogP contribution in [0.5, 0.6) is 0 Å². The number of fused-ring (bicyclic) bond motifs is 3. The lowest BCUT2D eigenvalue weighted by molar-refractivity contribution is 1.06. The van der Waals surface area contributed by atoms with E-state index in [9.17, 15) is 0 Å². The van der Waals surface area contributed by atoms with Crippen LogP contribution in [0.1, 0.15) is 0 Å². The summed E-state index contributed by atoms with van der Waals surface area (Å²) in [6.45, 7) is 0. The fourth-order valence-electron chi connectivity index (χ4n) is 3.56. The van der Waals surface area contributed by atoms with Crippen LogP contribution in [0, 0.1) is 0 Å². The van der Waals surface area contributed by atoms with Gasteiger partial charge in [0.1, 0.15) is 12.7 Å². The largest absolute Gasteiger partial charge is 0.225 e. The molecular weight excluding hydrogens is 398 g/mol. The Morgan fingerprint density at radius 1 is 0.630 bits per heavy atom. The molecule has 1 heterocycles. The summed E-state index contributed by atoms with van der Waals surface area (Å²) in [4.78, 5) is 12.5. The first-order valence-corrected chi connectivity index (χ1v) is 9.43. The lowest BCUT2D eigenvalue weighted by Crippen LogP contribution is -1.91. The Kier molecular flexibility index (Phi) is 3.91. The van der Waals surface area contributed by atoms with Crippen LogP contribution in [-0.4, -0.2) is 15.0 Å². The monoisotopic (exact) mass is 411 g/mol. The zero-order chi connectivity index (χ0) is 18.2. The third kappa shape index (κ3) is 2.88. The van der Waals surface area contributed by atoms with Crippen molar-refractivity contribution in [3.05, 3.63) is 89.9 Å². The number of nitrogens with zero attached hydrogens (tertiary/aromatic N) is 3. The van der Waals surface area contributed by atoms with Gasteiger partial charge < -0.3 is 0 Å². The zero-order valence-electron chi connectivity index (χ0n) is 14.3. The minimum absolute atomic E-state index is 0.664. The van der Waals surface area contributed by atoms with Crippen molar-refractivity contribution in [3.63, 3.8) is 0 Å². The highest BCUT2D eigenvalue weighted by Gasteiger charge is 2.11. The molecule has 1 aromatic heterocycles. The van der Waals surface area contributed by atoms with E-state index >= 15 is 0 Å². The summed E-state index contributed by atoms with van der Waals surface area (Å²) >= 11 is 3.65. The van der Waals surface area contributed by atoms with Gasteiger partial charge in [0.15, 0.2) is 5.82 Å². The summed E-state index contributed by atoms with van der Waals surface area (Å²) < 4.78 is 0.993. The van der Waals surface area contributed by atoms with Crippen molar-refractivity contribution in [1.29, 1.82) is 0 Å². The molecule has 0 aliphatic carbocycles. The first-order chi connectivity index (χ1) is 13.3. The predicted octanol–water partition coefficient (Wildman–Crippen LogP) is 6.27. The van der Waals surface area contributed by atoms with Crippen LogP contribution in [-0.2, 0) is 0 Å². The fraction of sp³-hybridized carbons (Fsp3) is 0. The van der Waals surface area contributed by atoms with Gasteiger partial charge in [-0.05, 0) is 56.9 Å². The molecule has 5 aromatic rings. The zero-order valence-corrected chi connectivity index (χ0v) is 15.9. The third-order valence-corrected chi connectivity index (χ3v) is 5.19. The van der Waals surface area contributed by atoms with Crippen molar-refractivity contribution in [2.75, 3.05) is 0 Å². The Balaban J connectivity index is 1.82. The van der Waals surface area contributed by atoms with Crippen molar-refractivity contribution < 1.29 is 0 Å². The topological polar surface area (TPSA) is 38.7 Å². The molecule has 0 spiro atoms. The van der Waals surface area contributed by atoms with E-state index in [0.29, 0.717) is 5.82 Å². The van der Waals surface area contributed by atoms with Gasteiger partial charge in [-0.3, -0.25) is 0 Å². The average molecular weight is 412 g/mol. The van der Waals surface area contributed by atoms with E-state index in [2.05, 4.69) is 97.6 Å². The molecule has 0 N–H and O–H groups in total. The molecule has 128 valence electrons. The van der Waals surface area contributed by atoms with Crippen LogP contribution in [0.2, 0.25) is 0 Å². The highest BCUT2D eigenvalue weighted by atomic mass is 79.9. The first kappa shape index (κ1) is 16.1. The smallest absolute Gasteiger partial charge is 0.162 e. The van der Waals surface area contributed by atoms with Gasteiger partial charge in [-0.15, -0.1) is 0 Å². The maximum absolute atomic E-state index is 4.29. The van der Waals surface area contributed by atoms with E-state index in [-0.39, 0.29) is 0 Å². The van der Waals surface area contributed by atoms with Gasteiger partial charge in [0.2, 0.25) is 0 Å². The molecule has 0 atom stereocenters. The van der Waals surface area contributed by atoms with Crippen LogP contribution in [0.15, 0.2) is 89.9 Å². The van der Waals surface area contributed by atoms with E-state index in [1.165, 1.54) is 39.8 Å². The highest BCUT2D eigenvalue weighted by Crippen LogP contribution is 2.37. The standard InChI is InChI=1S/C23H14BrN3/c24-18-10-16(9-17(11-18)23-26-13-25-14-27-23)22-12-15-5-1-2-6-19(15)20-7-3-4-8-21(20)22/h1-14H. The van der Waals surface area contributed by atoms with Gasteiger partial charge in [-0.1, -0.05) is 64.5 Å². The average Bonchev–Trinajstić information content (AvgIpc) is 2.73. The summed E-state index contributed by atoms with van der Waals surface area (Å²) in [5.74, 6) is 0.664. The van der Waals surface area contributed by atoms with Gasteiger partial charge in [0.25, 0.3) is 0 Å². The second-order valence-corrected chi connectivity index (χ2v) is 7.30. The molecule has 0 unspecified atom stereocenters. The van der Waals surface area contributed by atoms with Gasteiger partial charge in [0, 0.05) is 10.0 Å². The number of halogens is 1. The minimum atomic E-state index is 0.664. The van der Waals surface area contributed by atoms with E-state index < -0.39 is 0 Å². The number of hydrogen-bond acceptors (Lipinski definition) is 3. The highest BCUT2D eigenvalue weighted by molar-refractivity contribution is 9.10. The quantitative estimate of drug-likeness (QED) is 0.321. The molecule has 5 rings (SSSR count). The van der Waals surface area contributed by atoms with Crippen LogP contribution in [0.25, 0.3) is 44.1 Å². The SMILES string of the molecule is Brc1cc(-c2ncncn2)cc(-c2cc3ccccc3c3ccccc23)c1. The van der Waals surface area contributed by atoms with Gasteiger partial charge in [-0.25, -0.2) is 15.0 Å². The van der Waals surface area contributed by atoms with E-state index in [4.69, 9.17) is 0 Å². The minimum Gasteiger partial charge on any atom is -0.225 e. The first-order valence-electron chi connectivity index (χ1n) is 8.63. The molecule has 27 heavy (non-hydrogen) atoms.